The van der Waals surface area contributed by atoms with Gasteiger partial charge < -0.3 is 14.6 Å². The zero-order valence-electron chi connectivity index (χ0n) is 9.32. The van der Waals surface area contributed by atoms with Gasteiger partial charge in [-0.25, -0.2) is 0 Å². The molecule has 1 aromatic rings. The molecule has 0 spiro atoms. The van der Waals surface area contributed by atoms with Crippen LogP contribution in [0.3, 0.4) is 0 Å². The summed E-state index contributed by atoms with van der Waals surface area (Å²) in [5.41, 5.74) is 0. The lowest BCUT2D eigenvalue weighted by atomic mass is 10.3. The van der Waals surface area contributed by atoms with Gasteiger partial charge in [0.15, 0.2) is 11.5 Å². The van der Waals surface area contributed by atoms with E-state index in [0.29, 0.717) is 24.7 Å². The van der Waals surface area contributed by atoms with E-state index in [9.17, 15) is 5.11 Å². The first-order valence-corrected chi connectivity index (χ1v) is 5.36. The second kappa shape index (κ2) is 6.17. The second-order valence-electron chi connectivity index (χ2n) is 3.33. The fraction of sp³-hybridized carbons (Fsp3) is 0.500. The number of rotatable bonds is 6. The molecule has 15 heavy (non-hydrogen) atoms. The molecule has 0 aliphatic rings. The average molecular weight is 210 g/mol. The Morgan fingerprint density at radius 2 is 1.73 bits per heavy atom. The van der Waals surface area contributed by atoms with Crippen molar-refractivity contribution >= 4 is 0 Å². The molecule has 84 valence electrons. The van der Waals surface area contributed by atoms with Gasteiger partial charge in [0.05, 0.1) is 13.2 Å². The first kappa shape index (κ1) is 11.7. The Hall–Kier alpha value is -1.38. The molecule has 1 N–H and O–H groups in total. The van der Waals surface area contributed by atoms with Gasteiger partial charge in [0, 0.05) is 6.07 Å². The maximum atomic E-state index is 9.61. The summed E-state index contributed by atoms with van der Waals surface area (Å²) < 4.78 is 10.7. The highest BCUT2D eigenvalue weighted by atomic mass is 16.5. The molecule has 0 atom stereocenters. The minimum absolute atomic E-state index is 0.136. The predicted octanol–water partition coefficient (Wildman–Crippen LogP) is 2.97. The number of ether oxygens (including phenoxy) is 2. The lowest BCUT2D eigenvalue weighted by Gasteiger charge is -2.09. The van der Waals surface area contributed by atoms with E-state index in [1.54, 1.807) is 18.2 Å². The highest BCUT2D eigenvalue weighted by Gasteiger charge is 2.03. The molecular formula is C12H18O3. The first-order chi connectivity index (χ1) is 7.27. The Morgan fingerprint density at radius 3 is 2.33 bits per heavy atom. The number of phenolic OH excluding ortho intramolecular Hbond substituents is 1. The third-order valence-corrected chi connectivity index (χ3v) is 1.86. The van der Waals surface area contributed by atoms with Crippen LogP contribution in [0, 0.1) is 0 Å². The topological polar surface area (TPSA) is 38.7 Å². The highest BCUT2D eigenvalue weighted by Crippen LogP contribution is 2.30. The average Bonchev–Trinajstić information content (AvgIpc) is 2.25. The van der Waals surface area contributed by atoms with Crippen molar-refractivity contribution in [1.29, 1.82) is 0 Å². The molecule has 0 aliphatic carbocycles. The molecule has 0 bridgehead atoms. The van der Waals surface area contributed by atoms with Gasteiger partial charge in [-0.15, -0.1) is 0 Å². The van der Waals surface area contributed by atoms with Gasteiger partial charge in [-0.3, -0.25) is 0 Å². The first-order valence-electron chi connectivity index (χ1n) is 5.36. The summed E-state index contributed by atoms with van der Waals surface area (Å²) in [6.07, 6.45) is 1.88. The van der Waals surface area contributed by atoms with Crippen LogP contribution in [-0.2, 0) is 0 Å². The van der Waals surface area contributed by atoms with E-state index in [2.05, 4.69) is 0 Å². The maximum Gasteiger partial charge on any atom is 0.161 e. The van der Waals surface area contributed by atoms with Crippen LogP contribution in [-0.4, -0.2) is 18.3 Å². The standard InChI is InChI=1S/C12H18O3/c1-3-7-14-10-5-6-12(11(13)9-10)15-8-4-2/h5-6,9,13H,3-4,7-8H2,1-2H3. The van der Waals surface area contributed by atoms with Crippen LogP contribution in [0.25, 0.3) is 0 Å². The summed E-state index contributed by atoms with van der Waals surface area (Å²) in [5, 5.41) is 9.61. The van der Waals surface area contributed by atoms with Crippen LogP contribution >= 0.6 is 0 Å². The Bertz CT molecular complexity index is 297. The van der Waals surface area contributed by atoms with Gasteiger partial charge in [-0.1, -0.05) is 13.8 Å². The van der Waals surface area contributed by atoms with E-state index in [4.69, 9.17) is 9.47 Å². The van der Waals surface area contributed by atoms with Crippen molar-refractivity contribution in [3.63, 3.8) is 0 Å². The molecule has 3 heteroatoms. The molecule has 0 radical (unpaired) electrons. The molecule has 0 unspecified atom stereocenters. The Kier molecular flexibility index (Phi) is 4.81. The third-order valence-electron chi connectivity index (χ3n) is 1.86. The van der Waals surface area contributed by atoms with Crippen molar-refractivity contribution in [3.05, 3.63) is 18.2 Å². The number of hydrogen-bond acceptors (Lipinski definition) is 3. The summed E-state index contributed by atoms with van der Waals surface area (Å²) in [7, 11) is 0. The van der Waals surface area contributed by atoms with Crippen LogP contribution < -0.4 is 9.47 Å². The van der Waals surface area contributed by atoms with Gasteiger partial charge in [0.1, 0.15) is 5.75 Å². The Morgan fingerprint density at radius 1 is 1.07 bits per heavy atom. The van der Waals surface area contributed by atoms with Gasteiger partial charge in [0.2, 0.25) is 0 Å². The van der Waals surface area contributed by atoms with Crippen molar-refractivity contribution in [1.82, 2.24) is 0 Å². The van der Waals surface area contributed by atoms with E-state index in [1.165, 1.54) is 0 Å². The van der Waals surface area contributed by atoms with Crippen molar-refractivity contribution in [2.24, 2.45) is 0 Å². The largest absolute Gasteiger partial charge is 0.504 e. The molecule has 1 rings (SSSR count). The van der Waals surface area contributed by atoms with Crippen molar-refractivity contribution < 1.29 is 14.6 Å². The van der Waals surface area contributed by atoms with E-state index < -0.39 is 0 Å². The summed E-state index contributed by atoms with van der Waals surface area (Å²) in [4.78, 5) is 0. The fourth-order valence-electron chi connectivity index (χ4n) is 1.14. The molecular weight excluding hydrogens is 192 g/mol. The molecule has 0 heterocycles. The monoisotopic (exact) mass is 210 g/mol. The van der Waals surface area contributed by atoms with Crippen LogP contribution in [0.2, 0.25) is 0 Å². The van der Waals surface area contributed by atoms with Gasteiger partial charge in [-0.05, 0) is 25.0 Å². The smallest absolute Gasteiger partial charge is 0.161 e. The number of phenols is 1. The SMILES string of the molecule is CCCOc1ccc(OCCC)c(O)c1. The highest BCUT2D eigenvalue weighted by molar-refractivity contribution is 5.44. The van der Waals surface area contributed by atoms with Gasteiger partial charge in [0.25, 0.3) is 0 Å². The summed E-state index contributed by atoms with van der Waals surface area (Å²) in [6, 6.07) is 5.12. The van der Waals surface area contributed by atoms with Gasteiger partial charge >= 0.3 is 0 Å². The predicted molar refractivity (Wildman–Crippen MR) is 59.7 cm³/mol. The van der Waals surface area contributed by atoms with E-state index in [0.717, 1.165) is 12.8 Å². The summed E-state index contributed by atoms with van der Waals surface area (Å²) >= 11 is 0. The van der Waals surface area contributed by atoms with E-state index >= 15 is 0 Å². The Labute approximate surface area is 90.6 Å². The molecule has 0 amide bonds. The van der Waals surface area contributed by atoms with Crippen LogP contribution in [0.1, 0.15) is 26.7 Å². The van der Waals surface area contributed by atoms with Crippen molar-refractivity contribution in [2.75, 3.05) is 13.2 Å². The summed E-state index contributed by atoms with van der Waals surface area (Å²) in [6.45, 7) is 5.34. The number of hydrogen-bond donors (Lipinski definition) is 1. The van der Waals surface area contributed by atoms with Crippen molar-refractivity contribution in [3.8, 4) is 17.2 Å². The lowest BCUT2D eigenvalue weighted by Crippen LogP contribution is -1.97. The third kappa shape index (κ3) is 3.70. The fourth-order valence-corrected chi connectivity index (χ4v) is 1.14. The molecule has 1 aromatic carbocycles. The van der Waals surface area contributed by atoms with Crippen molar-refractivity contribution in [2.45, 2.75) is 26.7 Å². The quantitative estimate of drug-likeness (QED) is 0.784. The van der Waals surface area contributed by atoms with E-state index in [-0.39, 0.29) is 5.75 Å². The molecule has 0 saturated carbocycles. The van der Waals surface area contributed by atoms with Crippen LogP contribution in [0.5, 0.6) is 17.2 Å². The lowest BCUT2D eigenvalue weighted by molar-refractivity contribution is 0.292. The zero-order chi connectivity index (χ0) is 11.1. The summed E-state index contributed by atoms with van der Waals surface area (Å²) in [5.74, 6) is 1.33. The number of aromatic hydroxyl groups is 1. The minimum atomic E-state index is 0.136. The van der Waals surface area contributed by atoms with E-state index in [1.807, 2.05) is 13.8 Å². The molecule has 0 fully saturated rings. The molecule has 0 saturated heterocycles. The minimum Gasteiger partial charge on any atom is -0.504 e. The molecule has 3 nitrogen and oxygen atoms in total. The second-order valence-corrected chi connectivity index (χ2v) is 3.33. The van der Waals surface area contributed by atoms with Gasteiger partial charge in [-0.2, -0.15) is 0 Å². The normalized spacial score (nSPS) is 10.0. The molecule has 0 aromatic heterocycles. The Balaban J connectivity index is 2.61. The number of benzene rings is 1. The zero-order valence-corrected chi connectivity index (χ0v) is 9.32. The maximum absolute atomic E-state index is 9.61. The van der Waals surface area contributed by atoms with Crippen LogP contribution in [0.4, 0.5) is 0 Å². The molecule has 0 aliphatic heterocycles. The van der Waals surface area contributed by atoms with Crippen LogP contribution in [0.15, 0.2) is 18.2 Å².